The standard InChI is InChI=1S/C19H20N4O2S/c24-18(12-17-15-5-1-2-6-16(15)19(25)21-20-17)23-9-7-22(8-10-23)13-14-4-3-11-26-14/h1-6,11H,7-10,12-13H2,(H,21,25). The number of amides is 1. The quantitative estimate of drug-likeness (QED) is 0.763. The summed E-state index contributed by atoms with van der Waals surface area (Å²) in [4.78, 5) is 30.2. The molecule has 1 N–H and O–H groups in total. The van der Waals surface area contributed by atoms with Crippen LogP contribution in [0, 0.1) is 0 Å². The van der Waals surface area contributed by atoms with Gasteiger partial charge in [0.25, 0.3) is 5.56 Å². The fraction of sp³-hybridized carbons (Fsp3) is 0.316. The molecule has 1 aliphatic rings. The SMILES string of the molecule is O=C(Cc1n[nH]c(=O)c2ccccc12)N1CCN(Cc2cccs2)CC1. The minimum Gasteiger partial charge on any atom is -0.340 e. The molecule has 0 spiro atoms. The van der Waals surface area contributed by atoms with Gasteiger partial charge in [-0.3, -0.25) is 14.5 Å². The number of hydrogen-bond donors (Lipinski definition) is 1. The zero-order chi connectivity index (χ0) is 17.9. The number of thiophene rings is 1. The van der Waals surface area contributed by atoms with Crippen LogP contribution in [0.4, 0.5) is 0 Å². The number of nitrogens with one attached hydrogen (secondary N) is 1. The Hall–Kier alpha value is -2.51. The number of H-pyrrole nitrogens is 1. The van der Waals surface area contributed by atoms with Gasteiger partial charge < -0.3 is 4.90 Å². The van der Waals surface area contributed by atoms with Crippen LogP contribution in [-0.4, -0.2) is 52.1 Å². The maximum absolute atomic E-state index is 12.7. The number of piperazine rings is 1. The Balaban J connectivity index is 1.40. The van der Waals surface area contributed by atoms with Gasteiger partial charge in [0.2, 0.25) is 5.91 Å². The number of fused-ring (bicyclic) bond motifs is 1. The van der Waals surface area contributed by atoms with Gasteiger partial charge in [0.05, 0.1) is 17.5 Å². The van der Waals surface area contributed by atoms with Crippen molar-refractivity contribution in [3.63, 3.8) is 0 Å². The molecule has 3 aromatic rings. The molecule has 1 saturated heterocycles. The smallest absolute Gasteiger partial charge is 0.272 e. The largest absolute Gasteiger partial charge is 0.340 e. The molecule has 0 aliphatic carbocycles. The first-order valence-electron chi connectivity index (χ1n) is 8.69. The zero-order valence-corrected chi connectivity index (χ0v) is 15.2. The van der Waals surface area contributed by atoms with Crippen molar-refractivity contribution in [2.45, 2.75) is 13.0 Å². The lowest BCUT2D eigenvalue weighted by Gasteiger charge is -2.34. The third-order valence-corrected chi connectivity index (χ3v) is 5.64. The lowest BCUT2D eigenvalue weighted by molar-refractivity contribution is -0.132. The van der Waals surface area contributed by atoms with Crippen LogP contribution in [0.25, 0.3) is 10.8 Å². The molecule has 0 radical (unpaired) electrons. The van der Waals surface area contributed by atoms with E-state index in [9.17, 15) is 9.59 Å². The second-order valence-corrected chi connectivity index (χ2v) is 7.49. The normalized spacial score (nSPS) is 15.5. The number of aromatic amines is 1. The summed E-state index contributed by atoms with van der Waals surface area (Å²) in [6, 6.07) is 11.5. The van der Waals surface area contributed by atoms with Crippen molar-refractivity contribution in [2.24, 2.45) is 0 Å². The number of carbonyl (C=O) groups excluding carboxylic acids is 1. The summed E-state index contributed by atoms with van der Waals surface area (Å²) in [6.07, 6.45) is 0.211. The Morgan fingerprint density at radius 1 is 1.08 bits per heavy atom. The molecular formula is C19H20N4O2S. The number of rotatable bonds is 4. The van der Waals surface area contributed by atoms with Crippen LogP contribution in [0.1, 0.15) is 10.6 Å². The maximum Gasteiger partial charge on any atom is 0.272 e. The average molecular weight is 368 g/mol. The molecule has 0 saturated carbocycles. The number of nitrogens with zero attached hydrogens (tertiary/aromatic N) is 3. The second kappa shape index (κ2) is 7.39. The van der Waals surface area contributed by atoms with Crippen molar-refractivity contribution in [2.75, 3.05) is 26.2 Å². The Bertz CT molecular complexity index is 959. The highest BCUT2D eigenvalue weighted by molar-refractivity contribution is 7.09. The lowest BCUT2D eigenvalue weighted by Crippen LogP contribution is -2.48. The summed E-state index contributed by atoms with van der Waals surface area (Å²) in [6.45, 7) is 4.16. The van der Waals surface area contributed by atoms with Crippen LogP contribution in [0.2, 0.25) is 0 Å². The Morgan fingerprint density at radius 3 is 2.58 bits per heavy atom. The molecular weight excluding hydrogens is 348 g/mol. The van der Waals surface area contributed by atoms with E-state index < -0.39 is 0 Å². The van der Waals surface area contributed by atoms with Crippen molar-refractivity contribution in [3.8, 4) is 0 Å². The van der Waals surface area contributed by atoms with E-state index in [1.54, 1.807) is 17.4 Å². The van der Waals surface area contributed by atoms with E-state index in [0.717, 1.165) is 38.1 Å². The van der Waals surface area contributed by atoms with E-state index in [-0.39, 0.29) is 17.9 Å². The molecule has 6 nitrogen and oxygen atoms in total. The van der Waals surface area contributed by atoms with Gasteiger partial charge >= 0.3 is 0 Å². The lowest BCUT2D eigenvalue weighted by atomic mass is 10.1. The minimum atomic E-state index is -0.223. The van der Waals surface area contributed by atoms with Gasteiger partial charge in [0, 0.05) is 43.0 Å². The van der Waals surface area contributed by atoms with Crippen LogP contribution in [0.3, 0.4) is 0 Å². The molecule has 2 aromatic heterocycles. The van der Waals surface area contributed by atoms with Crippen LogP contribution in [0.5, 0.6) is 0 Å². The monoisotopic (exact) mass is 368 g/mol. The number of benzene rings is 1. The number of aromatic nitrogens is 2. The molecule has 134 valence electrons. The van der Waals surface area contributed by atoms with Crippen molar-refractivity contribution in [1.29, 1.82) is 0 Å². The Kier molecular flexibility index (Phi) is 4.81. The molecule has 7 heteroatoms. The summed E-state index contributed by atoms with van der Waals surface area (Å²) in [5, 5.41) is 10.0. The van der Waals surface area contributed by atoms with Crippen LogP contribution in [0.15, 0.2) is 46.6 Å². The van der Waals surface area contributed by atoms with Gasteiger partial charge in [-0.25, -0.2) is 5.10 Å². The van der Waals surface area contributed by atoms with Gasteiger partial charge in [-0.05, 0) is 17.5 Å². The summed E-state index contributed by atoms with van der Waals surface area (Å²) in [5.41, 5.74) is 0.408. The fourth-order valence-electron chi connectivity index (χ4n) is 3.34. The molecule has 3 heterocycles. The summed E-state index contributed by atoms with van der Waals surface area (Å²) >= 11 is 1.77. The van der Waals surface area contributed by atoms with E-state index in [1.165, 1.54) is 4.88 Å². The summed E-state index contributed by atoms with van der Waals surface area (Å²) in [5.74, 6) is 0.0606. The average Bonchev–Trinajstić information content (AvgIpc) is 3.18. The van der Waals surface area contributed by atoms with Gasteiger partial charge in [-0.1, -0.05) is 24.3 Å². The third kappa shape index (κ3) is 3.54. The van der Waals surface area contributed by atoms with Crippen molar-refractivity contribution in [1.82, 2.24) is 20.0 Å². The predicted molar refractivity (Wildman–Crippen MR) is 102 cm³/mol. The van der Waals surface area contributed by atoms with Gasteiger partial charge in [0.15, 0.2) is 0 Å². The first-order chi connectivity index (χ1) is 12.7. The second-order valence-electron chi connectivity index (χ2n) is 6.46. The topological polar surface area (TPSA) is 69.3 Å². The minimum absolute atomic E-state index is 0.0606. The van der Waals surface area contributed by atoms with E-state index in [4.69, 9.17) is 0 Å². The molecule has 1 aromatic carbocycles. The molecule has 0 atom stereocenters. The van der Waals surface area contributed by atoms with Crippen LogP contribution in [-0.2, 0) is 17.8 Å². The molecule has 0 unspecified atom stereocenters. The summed E-state index contributed by atoms with van der Waals surface area (Å²) < 4.78 is 0. The van der Waals surface area contributed by atoms with E-state index in [2.05, 4.69) is 32.6 Å². The molecule has 4 rings (SSSR count). The highest BCUT2D eigenvalue weighted by Gasteiger charge is 2.22. The maximum atomic E-state index is 12.7. The zero-order valence-electron chi connectivity index (χ0n) is 14.4. The molecule has 1 fully saturated rings. The highest BCUT2D eigenvalue weighted by Crippen LogP contribution is 2.16. The van der Waals surface area contributed by atoms with Gasteiger partial charge in [-0.2, -0.15) is 5.10 Å². The Morgan fingerprint density at radius 2 is 1.85 bits per heavy atom. The summed E-state index contributed by atoms with van der Waals surface area (Å²) in [7, 11) is 0. The number of hydrogen-bond acceptors (Lipinski definition) is 5. The first kappa shape index (κ1) is 16.9. The first-order valence-corrected chi connectivity index (χ1v) is 9.57. The Labute approximate surface area is 155 Å². The molecule has 26 heavy (non-hydrogen) atoms. The van der Waals surface area contributed by atoms with Crippen LogP contribution >= 0.6 is 11.3 Å². The molecule has 1 aliphatic heterocycles. The van der Waals surface area contributed by atoms with Crippen molar-refractivity contribution in [3.05, 3.63) is 62.7 Å². The van der Waals surface area contributed by atoms with Crippen molar-refractivity contribution >= 4 is 28.0 Å². The highest BCUT2D eigenvalue weighted by atomic mass is 32.1. The molecule has 1 amide bonds. The van der Waals surface area contributed by atoms with E-state index >= 15 is 0 Å². The van der Waals surface area contributed by atoms with E-state index in [1.807, 2.05) is 23.1 Å². The predicted octanol–water partition coefficient (Wildman–Crippen LogP) is 1.87. The van der Waals surface area contributed by atoms with Crippen LogP contribution < -0.4 is 5.56 Å². The number of carbonyl (C=O) groups is 1. The van der Waals surface area contributed by atoms with E-state index in [0.29, 0.717) is 11.1 Å². The molecule has 0 bridgehead atoms. The van der Waals surface area contributed by atoms with Gasteiger partial charge in [-0.15, -0.1) is 11.3 Å². The fourth-order valence-corrected chi connectivity index (χ4v) is 4.09. The van der Waals surface area contributed by atoms with Crippen molar-refractivity contribution < 1.29 is 4.79 Å². The third-order valence-electron chi connectivity index (χ3n) is 4.78. The van der Waals surface area contributed by atoms with Gasteiger partial charge in [0.1, 0.15) is 0 Å².